The lowest BCUT2D eigenvalue weighted by Crippen LogP contribution is -2.68. The van der Waals surface area contributed by atoms with E-state index in [1.165, 1.54) is 18.2 Å². The maximum absolute atomic E-state index is 12.6. The van der Waals surface area contributed by atoms with Gasteiger partial charge in [-0.1, -0.05) is 24.8 Å². The fourth-order valence-electron chi connectivity index (χ4n) is 4.15. The SMILES string of the molecule is C=C[C@@H](CC[C@H]1COC(C)(C)O1)OC(=O)C(O)N1C[C@H](N2C(=O)c3ccccc3C2=O)C1=O. The standard InChI is InChI=1S/C23H26N2O8/c1-4-13(9-10-14-12-31-23(2,3)33-14)32-22(30)21(29)24-11-17(20(24)28)25-18(26)15-7-5-6-8-16(15)19(25)27/h4-8,13-14,17,21,29H,1,9-12H2,2-3H3/t13-,14-,17-,21?/m0/s1. The Labute approximate surface area is 190 Å². The molecule has 0 saturated carbocycles. The number of hydrogen-bond donors (Lipinski definition) is 1. The molecule has 0 bridgehead atoms. The Kier molecular flexibility index (Phi) is 6.08. The molecular weight excluding hydrogens is 432 g/mol. The van der Waals surface area contributed by atoms with Crippen LogP contribution in [0.3, 0.4) is 0 Å². The highest BCUT2D eigenvalue weighted by molar-refractivity contribution is 6.23. The van der Waals surface area contributed by atoms with Gasteiger partial charge in [0, 0.05) is 0 Å². The van der Waals surface area contributed by atoms with E-state index in [1.807, 2.05) is 13.8 Å². The fourth-order valence-corrected chi connectivity index (χ4v) is 4.15. The molecule has 4 rings (SSSR count). The van der Waals surface area contributed by atoms with Crippen molar-refractivity contribution in [2.75, 3.05) is 13.2 Å². The van der Waals surface area contributed by atoms with Gasteiger partial charge in [-0.2, -0.15) is 0 Å². The molecule has 10 nitrogen and oxygen atoms in total. The number of carbonyl (C=O) groups excluding carboxylic acids is 4. The van der Waals surface area contributed by atoms with Crippen molar-refractivity contribution < 1.29 is 38.5 Å². The van der Waals surface area contributed by atoms with Crippen LogP contribution in [0.2, 0.25) is 0 Å². The molecule has 3 aliphatic heterocycles. The van der Waals surface area contributed by atoms with Crippen molar-refractivity contribution >= 4 is 23.7 Å². The van der Waals surface area contributed by atoms with Crippen molar-refractivity contribution in [3.8, 4) is 0 Å². The average Bonchev–Trinajstić information content (AvgIpc) is 3.26. The van der Waals surface area contributed by atoms with E-state index in [2.05, 4.69) is 6.58 Å². The van der Waals surface area contributed by atoms with Gasteiger partial charge >= 0.3 is 5.97 Å². The van der Waals surface area contributed by atoms with E-state index >= 15 is 0 Å². The zero-order valence-corrected chi connectivity index (χ0v) is 18.4. The molecule has 1 N–H and O–H groups in total. The molecule has 176 valence electrons. The molecule has 3 heterocycles. The first-order valence-corrected chi connectivity index (χ1v) is 10.7. The van der Waals surface area contributed by atoms with Gasteiger partial charge in [0.2, 0.25) is 12.1 Å². The molecule has 0 spiro atoms. The molecule has 0 radical (unpaired) electrons. The predicted octanol–water partition coefficient (Wildman–Crippen LogP) is 0.841. The second-order valence-electron chi connectivity index (χ2n) is 8.65. The van der Waals surface area contributed by atoms with Crippen LogP contribution in [-0.2, 0) is 23.8 Å². The molecule has 0 aromatic heterocycles. The monoisotopic (exact) mass is 458 g/mol. The van der Waals surface area contributed by atoms with Crippen LogP contribution < -0.4 is 0 Å². The van der Waals surface area contributed by atoms with Gasteiger partial charge in [0.1, 0.15) is 12.1 Å². The Balaban J connectivity index is 1.30. The van der Waals surface area contributed by atoms with E-state index in [0.717, 1.165) is 9.80 Å². The van der Waals surface area contributed by atoms with Crippen molar-refractivity contribution in [1.29, 1.82) is 0 Å². The van der Waals surface area contributed by atoms with Gasteiger partial charge in [0.25, 0.3) is 11.8 Å². The summed E-state index contributed by atoms with van der Waals surface area (Å²) < 4.78 is 16.5. The van der Waals surface area contributed by atoms with Crippen LogP contribution in [0.4, 0.5) is 0 Å². The number of carbonyl (C=O) groups is 4. The van der Waals surface area contributed by atoms with Gasteiger partial charge in [0.15, 0.2) is 5.79 Å². The van der Waals surface area contributed by atoms with Gasteiger partial charge in [-0.15, -0.1) is 0 Å². The largest absolute Gasteiger partial charge is 0.455 e. The minimum absolute atomic E-state index is 0.150. The van der Waals surface area contributed by atoms with Gasteiger partial charge in [-0.05, 0) is 38.8 Å². The van der Waals surface area contributed by atoms with Crippen molar-refractivity contribution in [2.24, 2.45) is 0 Å². The van der Waals surface area contributed by atoms with Crippen LogP contribution in [0.25, 0.3) is 0 Å². The number of esters is 1. The Bertz CT molecular complexity index is 971. The Morgan fingerprint density at radius 2 is 1.91 bits per heavy atom. The third-order valence-electron chi connectivity index (χ3n) is 5.95. The number of amides is 3. The van der Waals surface area contributed by atoms with E-state index in [9.17, 15) is 24.3 Å². The number of ether oxygens (including phenoxy) is 3. The van der Waals surface area contributed by atoms with Crippen molar-refractivity contribution in [1.82, 2.24) is 9.80 Å². The zero-order chi connectivity index (χ0) is 23.9. The first-order valence-electron chi connectivity index (χ1n) is 10.7. The maximum Gasteiger partial charge on any atom is 0.357 e. The number of fused-ring (bicyclic) bond motifs is 1. The minimum Gasteiger partial charge on any atom is -0.455 e. The Morgan fingerprint density at radius 3 is 2.42 bits per heavy atom. The second-order valence-corrected chi connectivity index (χ2v) is 8.65. The topological polar surface area (TPSA) is 123 Å². The minimum atomic E-state index is -1.85. The third kappa shape index (κ3) is 4.29. The highest BCUT2D eigenvalue weighted by Crippen LogP contribution is 2.30. The van der Waals surface area contributed by atoms with E-state index in [1.54, 1.807) is 12.1 Å². The number of benzene rings is 1. The molecule has 2 fully saturated rings. The quantitative estimate of drug-likeness (QED) is 0.263. The number of rotatable bonds is 8. The summed E-state index contributed by atoms with van der Waals surface area (Å²) in [5.74, 6) is -3.52. The van der Waals surface area contributed by atoms with Crippen molar-refractivity contribution in [3.05, 3.63) is 48.0 Å². The third-order valence-corrected chi connectivity index (χ3v) is 5.95. The van der Waals surface area contributed by atoms with Crippen molar-refractivity contribution in [2.45, 2.75) is 57.0 Å². The van der Waals surface area contributed by atoms with Gasteiger partial charge in [-0.25, -0.2) is 4.79 Å². The van der Waals surface area contributed by atoms with Crippen LogP contribution in [0, 0.1) is 0 Å². The summed E-state index contributed by atoms with van der Waals surface area (Å²) in [6.45, 7) is 7.54. The summed E-state index contributed by atoms with van der Waals surface area (Å²) in [7, 11) is 0. The van der Waals surface area contributed by atoms with E-state index < -0.39 is 47.9 Å². The highest BCUT2D eigenvalue weighted by atomic mass is 16.7. The van der Waals surface area contributed by atoms with Gasteiger partial charge < -0.3 is 24.2 Å². The van der Waals surface area contributed by atoms with Crippen molar-refractivity contribution in [3.63, 3.8) is 0 Å². The van der Waals surface area contributed by atoms with Crippen LogP contribution in [0.5, 0.6) is 0 Å². The molecule has 1 unspecified atom stereocenters. The predicted molar refractivity (Wildman–Crippen MR) is 113 cm³/mol. The van der Waals surface area contributed by atoms with E-state index in [4.69, 9.17) is 14.2 Å². The molecular formula is C23H26N2O8. The first-order chi connectivity index (χ1) is 15.6. The molecule has 1 aromatic rings. The van der Waals surface area contributed by atoms with E-state index in [-0.39, 0.29) is 23.8 Å². The van der Waals surface area contributed by atoms with Gasteiger partial charge in [0.05, 0.1) is 30.4 Å². The molecule has 33 heavy (non-hydrogen) atoms. The Hall–Kier alpha value is -3.08. The second kappa shape index (κ2) is 8.69. The lowest BCUT2D eigenvalue weighted by Gasteiger charge is -2.43. The molecule has 1 aromatic carbocycles. The maximum atomic E-state index is 12.6. The summed E-state index contributed by atoms with van der Waals surface area (Å²) in [5, 5.41) is 10.3. The smallest absolute Gasteiger partial charge is 0.357 e. The van der Waals surface area contributed by atoms with Crippen LogP contribution in [0.15, 0.2) is 36.9 Å². The molecule has 3 aliphatic rings. The normalized spacial score (nSPS) is 25.5. The number of imide groups is 1. The Morgan fingerprint density at radius 1 is 1.27 bits per heavy atom. The summed E-state index contributed by atoms with van der Waals surface area (Å²) in [5.41, 5.74) is 0.449. The lowest BCUT2D eigenvalue weighted by molar-refractivity contribution is -0.184. The number of hydrogen-bond acceptors (Lipinski definition) is 8. The number of aliphatic hydroxyl groups is 1. The number of β-lactam (4-membered cyclic amide) rings is 1. The van der Waals surface area contributed by atoms with Gasteiger partial charge in [-0.3, -0.25) is 19.3 Å². The average molecular weight is 458 g/mol. The van der Waals surface area contributed by atoms with Crippen LogP contribution in [-0.4, -0.2) is 82.0 Å². The molecule has 3 amide bonds. The number of likely N-dealkylation sites (tertiary alicyclic amines) is 1. The fraction of sp³-hybridized carbons (Fsp3) is 0.478. The zero-order valence-electron chi connectivity index (χ0n) is 18.4. The summed E-state index contributed by atoms with van der Waals surface area (Å²) in [6, 6.07) is 5.22. The number of aliphatic hydroxyl groups excluding tert-OH is 1. The van der Waals surface area contributed by atoms with Crippen LogP contribution in [0.1, 0.15) is 47.4 Å². The van der Waals surface area contributed by atoms with Crippen LogP contribution >= 0.6 is 0 Å². The molecule has 10 heteroatoms. The molecule has 0 aliphatic carbocycles. The summed E-state index contributed by atoms with van der Waals surface area (Å²) in [4.78, 5) is 51.9. The lowest BCUT2D eigenvalue weighted by atomic mass is 10.1. The number of nitrogens with zero attached hydrogens (tertiary/aromatic N) is 2. The molecule has 2 saturated heterocycles. The molecule has 4 atom stereocenters. The summed E-state index contributed by atoms with van der Waals surface area (Å²) >= 11 is 0. The summed E-state index contributed by atoms with van der Waals surface area (Å²) in [6.07, 6.45) is -0.306. The first kappa shape index (κ1) is 23.1. The highest BCUT2D eigenvalue weighted by Gasteiger charge is 2.52. The van der Waals surface area contributed by atoms with E-state index in [0.29, 0.717) is 19.4 Å².